The molecule has 3 heterocycles. The van der Waals surface area contributed by atoms with E-state index in [1.54, 1.807) is 35.6 Å². The molecule has 0 bridgehead atoms. The van der Waals surface area contributed by atoms with E-state index < -0.39 is 0 Å². The molecule has 5 aromatic rings. The van der Waals surface area contributed by atoms with Crippen LogP contribution in [0, 0.1) is 0 Å². The number of aromatic nitrogens is 2. The molecule has 214 valence electrons. The lowest BCUT2D eigenvalue weighted by atomic mass is 9.92. The quantitative estimate of drug-likeness (QED) is 0.157. The highest BCUT2D eigenvalue weighted by Gasteiger charge is 2.34. The van der Waals surface area contributed by atoms with Crippen molar-refractivity contribution >= 4 is 67.5 Å². The predicted molar refractivity (Wildman–Crippen MR) is 166 cm³/mol. The van der Waals surface area contributed by atoms with E-state index in [1.165, 1.54) is 7.11 Å². The standard InChI is InChI=1S/C31H24Cl3N3O4S/c1-39-30(38)17-7-10-25-26(11-17)42-31(35-25)37-13-18(14-37)20-9-8-19(12-24(20)34)40-15-21-28(36-41-29(21)16-5-6-16)27-22(32)3-2-4-23(27)33/h2-4,7-12,16,18H,5-6,13-15H2,1H3. The van der Waals surface area contributed by atoms with Crippen molar-refractivity contribution in [3.05, 3.63) is 92.1 Å². The van der Waals surface area contributed by atoms with Gasteiger partial charge in [0.05, 0.1) is 38.5 Å². The Morgan fingerprint density at radius 3 is 2.52 bits per heavy atom. The largest absolute Gasteiger partial charge is 0.489 e. The van der Waals surface area contributed by atoms with Gasteiger partial charge < -0.3 is 18.9 Å². The van der Waals surface area contributed by atoms with Crippen LogP contribution >= 0.6 is 46.1 Å². The third-order valence-corrected chi connectivity index (χ3v) is 9.75. The second-order valence-corrected chi connectivity index (χ2v) is 12.7. The van der Waals surface area contributed by atoms with Gasteiger partial charge in [-0.2, -0.15) is 0 Å². The van der Waals surface area contributed by atoms with Gasteiger partial charge in [0.2, 0.25) is 0 Å². The summed E-state index contributed by atoms with van der Waals surface area (Å²) in [5.41, 5.74) is 4.57. The number of methoxy groups -OCH3 is 1. The number of hydrogen-bond acceptors (Lipinski definition) is 8. The van der Waals surface area contributed by atoms with Crippen LogP contribution in [0.25, 0.3) is 21.5 Å². The molecule has 1 saturated carbocycles. The van der Waals surface area contributed by atoms with E-state index in [4.69, 9.17) is 53.8 Å². The van der Waals surface area contributed by atoms with Crippen molar-refractivity contribution in [2.75, 3.05) is 25.1 Å². The van der Waals surface area contributed by atoms with Gasteiger partial charge >= 0.3 is 5.97 Å². The Morgan fingerprint density at radius 1 is 1.02 bits per heavy atom. The van der Waals surface area contributed by atoms with Gasteiger partial charge in [-0.25, -0.2) is 9.78 Å². The molecule has 0 unspecified atom stereocenters. The molecule has 3 aromatic carbocycles. The van der Waals surface area contributed by atoms with Gasteiger partial charge in [-0.1, -0.05) is 63.4 Å². The van der Waals surface area contributed by atoms with Gasteiger partial charge in [-0.3, -0.25) is 0 Å². The van der Waals surface area contributed by atoms with E-state index in [0.29, 0.717) is 43.6 Å². The van der Waals surface area contributed by atoms with Gasteiger partial charge in [0.25, 0.3) is 0 Å². The average molecular weight is 641 g/mol. The number of hydrogen-bond donors (Lipinski definition) is 0. The van der Waals surface area contributed by atoms with E-state index in [1.807, 2.05) is 30.3 Å². The molecular weight excluding hydrogens is 617 g/mol. The summed E-state index contributed by atoms with van der Waals surface area (Å²) < 4.78 is 17.8. The summed E-state index contributed by atoms with van der Waals surface area (Å²) in [7, 11) is 1.38. The second kappa shape index (κ2) is 11.1. The second-order valence-electron chi connectivity index (χ2n) is 10.5. The van der Waals surface area contributed by atoms with Crippen LogP contribution in [0.2, 0.25) is 15.1 Å². The Labute approximate surface area is 260 Å². The highest BCUT2D eigenvalue weighted by Crippen LogP contribution is 2.46. The zero-order chi connectivity index (χ0) is 29.0. The van der Waals surface area contributed by atoms with Crippen LogP contribution in [0.3, 0.4) is 0 Å². The number of benzene rings is 3. The van der Waals surface area contributed by atoms with Crippen LogP contribution in [-0.4, -0.2) is 36.3 Å². The summed E-state index contributed by atoms with van der Waals surface area (Å²) in [6.45, 7) is 1.86. The van der Waals surface area contributed by atoms with E-state index in [0.717, 1.165) is 58.2 Å². The summed E-state index contributed by atoms with van der Waals surface area (Å²) >= 11 is 21.3. The van der Waals surface area contributed by atoms with Crippen LogP contribution in [0.15, 0.2) is 59.1 Å². The number of esters is 1. The lowest BCUT2D eigenvalue weighted by molar-refractivity contribution is 0.0601. The maximum Gasteiger partial charge on any atom is 0.337 e. The first kappa shape index (κ1) is 27.5. The van der Waals surface area contributed by atoms with Crippen LogP contribution in [0.1, 0.15) is 51.9 Å². The van der Waals surface area contributed by atoms with Gasteiger partial charge in [0.1, 0.15) is 23.8 Å². The fourth-order valence-corrected chi connectivity index (χ4v) is 7.18. The van der Waals surface area contributed by atoms with Crippen molar-refractivity contribution in [1.29, 1.82) is 0 Å². The fourth-order valence-electron chi connectivity index (χ4n) is 5.26. The maximum atomic E-state index is 11.9. The minimum absolute atomic E-state index is 0.258. The Bertz CT molecular complexity index is 1810. The van der Waals surface area contributed by atoms with Crippen molar-refractivity contribution in [2.24, 2.45) is 0 Å². The molecule has 2 fully saturated rings. The summed E-state index contributed by atoms with van der Waals surface area (Å²) in [4.78, 5) is 18.8. The molecule has 0 radical (unpaired) electrons. The first-order valence-electron chi connectivity index (χ1n) is 13.5. The highest BCUT2D eigenvalue weighted by molar-refractivity contribution is 7.22. The summed E-state index contributed by atoms with van der Waals surface area (Å²) in [6.07, 6.45) is 2.12. The minimum atomic E-state index is -0.354. The number of rotatable bonds is 8. The number of carbonyl (C=O) groups excluding carboxylic acids is 1. The van der Waals surface area contributed by atoms with Gasteiger partial charge in [0.15, 0.2) is 5.13 Å². The molecule has 2 aliphatic rings. The van der Waals surface area contributed by atoms with Crippen LogP contribution < -0.4 is 9.64 Å². The molecule has 7 rings (SSSR count). The highest BCUT2D eigenvalue weighted by atomic mass is 35.5. The molecule has 7 nitrogen and oxygen atoms in total. The van der Waals surface area contributed by atoms with Gasteiger partial charge in [-0.05, 0) is 60.9 Å². The van der Waals surface area contributed by atoms with Crippen molar-refractivity contribution in [1.82, 2.24) is 10.1 Å². The number of ether oxygens (including phenoxy) is 2. The van der Waals surface area contributed by atoms with Gasteiger partial charge in [-0.15, -0.1) is 0 Å². The zero-order valence-electron chi connectivity index (χ0n) is 22.4. The molecule has 0 atom stereocenters. The Kier molecular flexibility index (Phi) is 7.26. The predicted octanol–water partition coefficient (Wildman–Crippen LogP) is 8.76. The number of fused-ring (bicyclic) bond motifs is 1. The lowest BCUT2D eigenvalue weighted by Gasteiger charge is -2.39. The van der Waals surface area contributed by atoms with Crippen molar-refractivity contribution < 1.29 is 18.8 Å². The monoisotopic (exact) mass is 639 g/mol. The van der Waals surface area contributed by atoms with Crippen molar-refractivity contribution in [3.8, 4) is 17.0 Å². The number of halogens is 3. The van der Waals surface area contributed by atoms with Crippen LogP contribution in [-0.2, 0) is 11.3 Å². The third-order valence-electron chi connectivity index (χ3n) is 7.71. The number of nitrogens with zero attached hydrogens (tertiary/aromatic N) is 3. The summed E-state index contributed by atoms with van der Waals surface area (Å²) in [6, 6.07) is 16.6. The van der Waals surface area contributed by atoms with E-state index in [2.05, 4.69) is 10.1 Å². The molecule has 1 aliphatic carbocycles. The van der Waals surface area contributed by atoms with Crippen LogP contribution in [0.5, 0.6) is 5.75 Å². The average Bonchev–Trinajstić information content (AvgIpc) is 3.58. The normalized spacial score (nSPS) is 15.2. The Balaban J connectivity index is 1.04. The van der Waals surface area contributed by atoms with Crippen molar-refractivity contribution in [2.45, 2.75) is 31.3 Å². The third kappa shape index (κ3) is 5.11. The van der Waals surface area contributed by atoms with E-state index >= 15 is 0 Å². The number of thiazole rings is 1. The zero-order valence-corrected chi connectivity index (χ0v) is 25.5. The Hall–Kier alpha value is -3.30. The van der Waals surface area contributed by atoms with Crippen LogP contribution in [0.4, 0.5) is 5.13 Å². The van der Waals surface area contributed by atoms with E-state index in [-0.39, 0.29) is 18.5 Å². The molecule has 0 N–H and O–H groups in total. The first-order valence-corrected chi connectivity index (χ1v) is 15.4. The molecule has 42 heavy (non-hydrogen) atoms. The topological polar surface area (TPSA) is 77.7 Å². The minimum Gasteiger partial charge on any atom is -0.489 e. The molecule has 2 aromatic heterocycles. The summed E-state index contributed by atoms with van der Waals surface area (Å²) in [5.74, 6) is 1.75. The van der Waals surface area contributed by atoms with Crippen molar-refractivity contribution in [3.63, 3.8) is 0 Å². The molecule has 1 aliphatic heterocycles. The smallest absolute Gasteiger partial charge is 0.337 e. The molecule has 0 amide bonds. The molecule has 0 spiro atoms. The molecular formula is C31H24Cl3N3O4S. The number of anilines is 1. The first-order chi connectivity index (χ1) is 20.4. The molecule has 1 saturated heterocycles. The number of carbonyl (C=O) groups is 1. The van der Waals surface area contributed by atoms with Gasteiger partial charge in [0, 0.05) is 35.5 Å². The molecule has 11 heteroatoms. The van der Waals surface area contributed by atoms with E-state index in [9.17, 15) is 4.79 Å². The fraction of sp³-hybridized carbons (Fsp3) is 0.258. The maximum absolute atomic E-state index is 11.9. The Morgan fingerprint density at radius 2 is 1.81 bits per heavy atom. The SMILES string of the molecule is COC(=O)c1ccc2nc(N3CC(c4ccc(OCc5c(-c6c(Cl)cccc6Cl)noc5C5CC5)cc4Cl)C3)sc2c1. The summed E-state index contributed by atoms with van der Waals surface area (Å²) in [5, 5.41) is 6.95. The lowest BCUT2D eigenvalue weighted by Crippen LogP contribution is -2.45.